The van der Waals surface area contributed by atoms with Crippen molar-refractivity contribution in [3.8, 4) is 0 Å². The van der Waals surface area contributed by atoms with E-state index in [1.54, 1.807) is 28.8 Å². The number of carbonyl (C=O) groups is 1. The zero-order valence-electron chi connectivity index (χ0n) is 19.4. The van der Waals surface area contributed by atoms with Crippen LogP contribution in [0, 0.1) is 20.8 Å². The minimum atomic E-state index is -1.01. The number of aryl methyl sites for hydroxylation is 3. The summed E-state index contributed by atoms with van der Waals surface area (Å²) in [6.07, 6.45) is -0.270. The average molecular weight is 507 g/mol. The Hall–Kier alpha value is -3.49. The minimum absolute atomic E-state index is 0.261. The Balaban J connectivity index is 1.73. The van der Waals surface area contributed by atoms with Crippen LogP contribution in [0.4, 0.5) is 0 Å². The Morgan fingerprint density at radius 1 is 1.11 bits per heavy atom. The first kappa shape index (κ1) is 23.3. The Morgan fingerprint density at radius 3 is 2.57 bits per heavy atom. The van der Waals surface area contributed by atoms with Crippen molar-refractivity contribution in [1.29, 1.82) is 0 Å². The number of imidazole rings is 1. The Bertz CT molecular complexity index is 1650. The molecule has 1 atom stereocenters. The minimum Gasteiger partial charge on any atom is -0.481 e. The number of aliphatic carboxylic acids is 1. The van der Waals surface area contributed by atoms with Gasteiger partial charge >= 0.3 is 11.7 Å². The number of rotatable bonds is 6. The molecule has 0 unspecified atom stereocenters. The lowest BCUT2D eigenvalue weighted by Gasteiger charge is -2.17. The number of hydrogen-bond acceptors (Lipinski definition) is 5. The van der Waals surface area contributed by atoms with Crippen molar-refractivity contribution in [2.75, 3.05) is 0 Å². The number of halogens is 1. The molecule has 5 rings (SSSR count). The van der Waals surface area contributed by atoms with Crippen molar-refractivity contribution < 1.29 is 9.90 Å². The number of nitrogens with zero attached hydrogens (tertiary/aromatic N) is 4. The molecule has 3 heterocycles. The van der Waals surface area contributed by atoms with E-state index in [0.717, 1.165) is 32.6 Å². The second kappa shape index (κ2) is 8.94. The van der Waals surface area contributed by atoms with E-state index in [1.165, 1.54) is 16.1 Å². The van der Waals surface area contributed by atoms with Crippen molar-refractivity contribution in [3.63, 3.8) is 0 Å². The fourth-order valence-corrected chi connectivity index (χ4v) is 5.76. The second-order valence-electron chi connectivity index (χ2n) is 8.78. The van der Waals surface area contributed by atoms with Crippen molar-refractivity contribution in [2.45, 2.75) is 39.8 Å². The summed E-state index contributed by atoms with van der Waals surface area (Å²) in [6.45, 7) is 6.21. The van der Waals surface area contributed by atoms with Gasteiger partial charge in [-0.25, -0.2) is 9.78 Å². The Kier molecular flexibility index (Phi) is 5.94. The molecule has 0 amide bonds. The van der Waals surface area contributed by atoms with E-state index in [-0.39, 0.29) is 18.7 Å². The summed E-state index contributed by atoms with van der Waals surface area (Å²) in [7, 11) is 0. The molecule has 9 heteroatoms. The molecule has 0 bridgehead atoms. The smallest absolute Gasteiger partial charge is 0.331 e. The van der Waals surface area contributed by atoms with Gasteiger partial charge in [0.2, 0.25) is 0 Å². The van der Waals surface area contributed by atoms with E-state index in [4.69, 9.17) is 11.6 Å². The van der Waals surface area contributed by atoms with Gasteiger partial charge in [-0.3, -0.25) is 13.9 Å². The largest absolute Gasteiger partial charge is 0.481 e. The van der Waals surface area contributed by atoms with Gasteiger partial charge in [0.1, 0.15) is 0 Å². The number of carboxylic acid groups (broad SMARTS) is 1. The lowest BCUT2D eigenvalue weighted by atomic mass is 10.0. The van der Waals surface area contributed by atoms with Crippen LogP contribution in [0.25, 0.3) is 21.3 Å². The van der Waals surface area contributed by atoms with Crippen LogP contribution in [0.3, 0.4) is 0 Å². The van der Waals surface area contributed by atoms with Crippen LogP contribution < -0.4 is 5.69 Å². The van der Waals surface area contributed by atoms with Crippen molar-refractivity contribution >= 4 is 50.4 Å². The fraction of sp³-hybridized carbons (Fsp3) is 0.231. The molecular formula is C26H23ClN4O3S. The predicted octanol–water partition coefficient (Wildman–Crippen LogP) is 5.50. The van der Waals surface area contributed by atoms with E-state index in [2.05, 4.69) is 28.4 Å². The molecule has 5 aromatic rings. The monoisotopic (exact) mass is 506 g/mol. The molecule has 7 nitrogen and oxygen atoms in total. The van der Waals surface area contributed by atoms with Gasteiger partial charge in [0.15, 0.2) is 5.65 Å². The molecule has 0 fully saturated rings. The summed E-state index contributed by atoms with van der Waals surface area (Å²) in [5.41, 5.74) is 5.25. The van der Waals surface area contributed by atoms with Gasteiger partial charge in [0, 0.05) is 16.1 Å². The Labute approximate surface area is 210 Å². The third kappa shape index (κ3) is 4.24. The van der Waals surface area contributed by atoms with Crippen molar-refractivity contribution in [3.05, 3.63) is 92.1 Å². The molecule has 0 saturated heterocycles. The molecule has 0 aliphatic rings. The quantitative estimate of drug-likeness (QED) is 0.328. The first-order valence-electron chi connectivity index (χ1n) is 11.1. The van der Waals surface area contributed by atoms with Crippen LogP contribution in [-0.4, -0.2) is 29.6 Å². The Morgan fingerprint density at radius 2 is 1.86 bits per heavy atom. The highest BCUT2D eigenvalue weighted by Crippen LogP contribution is 2.30. The topological polar surface area (TPSA) is 90.0 Å². The number of benzene rings is 2. The van der Waals surface area contributed by atoms with Gasteiger partial charge in [-0.15, -0.1) is 0 Å². The van der Waals surface area contributed by atoms with Gasteiger partial charge in [0.25, 0.3) is 0 Å². The first-order valence-corrected chi connectivity index (χ1v) is 12.3. The number of hydrogen-bond donors (Lipinski definition) is 1. The van der Waals surface area contributed by atoms with Gasteiger partial charge in [-0.05, 0) is 79.3 Å². The van der Waals surface area contributed by atoms with Gasteiger partial charge < -0.3 is 5.11 Å². The number of pyridine rings is 1. The van der Waals surface area contributed by atoms with Crippen LogP contribution in [0.15, 0.2) is 53.3 Å². The predicted molar refractivity (Wildman–Crippen MR) is 139 cm³/mol. The van der Waals surface area contributed by atoms with Crippen LogP contribution in [0.2, 0.25) is 5.02 Å². The summed E-state index contributed by atoms with van der Waals surface area (Å²) >= 11 is 7.48. The molecule has 0 saturated carbocycles. The second-order valence-corrected chi connectivity index (χ2v) is 10.0. The number of carboxylic acids is 1. The van der Waals surface area contributed by atoms with E-state index < -0.39 is 12.0 Å². The summed E-state index contributed by atoms with van der Waals surface area (Å²) in [4.78, 5) is 30.4. The number of aromatic nitrogens is 4. The highest BCUT2D eigenvalue weighted by atomic mass is 35.5. The third-order valence-electron chi connectivity index (χ3n) is 6.18. The average Bonchev–Trinajstić information content (AvgIpc) is 3.31. The van der Waals surface area contributed by atoms with E-state index in [9.17, 15) is 14.7 Å². The molecule has 178 valence electrons. The van der Waals surface area contributed by atoms with E-state index in [1.807, 2.05) is 26.0 Å². The third-order valence-corrected chi connectivity index (χ3v) is 7.26. The summed E-state index contributed by atoms with van der Waals surface area (Å²) in [6, 6.07) is 14.1. The molecule has 0 aliphatic carbocycles. The van der Waals surface area contributed by atoms with Gasteiger partial charge in [0.05, 0.1) is 34.9 Å². The molecule has 0 radical (unpaired) electrons. The van der Waals surface area contributed by atoms with Crippen LogP contribution in [0.5, 0.6) is 0 Å². The van der Waals surface area contributed by atoms with Crippen molar-refractivity contribution in [2.24, 2.45) is 0 Å². The van der Waals surface area contributed by atoms with Crippen LogP contribution in [0.1, 0.15) is 40.5 Å². The SMILES string of the molecule is Cc1cc(C)c2c(Cn3c(=O)n([C@H](CC(=O)O)c4ccc(Cl)cc4)c4nc(C)ccc43)nsc2c1. The lowest BCUT2D eigenvalue weighted by molar-refractivity contribution is -0.137. The maximum Gasteiger partial charge on any atom is 0.331 e. The maximum atomic E-state index is 13.9. The lowest BCUT2D eigenvalue weighted by Crippen LogP contribution is -2.30. The number of fused-ring (bicyclic) bond motifs is 2. The molecule has 0 aliphatic heterocycles. The molecule has 1 N–H and O–H groups in total. The van der Waals surface area contributed by atoms with E-state index in [0.29, 0.717) is 21.7 Å². The molecule has 3 aromatic heterocycles. The highest BCUT2D eigenvalue weighted by molar-refractivity contribution is 7.13. The van der Waals surface area contributed by atoms with E-state index >= 15 is 0 Å². The standard InChI is InChI=1S/C26H23ClN4O3S/c1-14-10-15(2)24-19(29-35-22(24)11-14)13-30-20-9-4-16(3)28-25(20)31(26(30)34)21(12-23(32)33)17-5-7-18(27)8-6-17/h4-11,21H,12-13H2,1-3H3,(H,32,33)/t21-/m1/s1. The molecule has 2 aromatic carbocycles. The normalized spacial score (nSPS) is 12.5. The zero-order valence-corrected chi connectivity index (χ0v) is 21.0. The zero-order chi connectivity index (χ0) is 24.9. The highest BCUT2D eigenvalue weighted by Gasteiger charge is 2.26. The fourth-order valence-electron chi connectivity index (χ4n) is 4.67. The summed E-state index contributed by atoms with van der Waals surface area (Å²) < 4.78 is 8.88. The first-order chi connectivity index (χ1) is 16.7. The van der Waals surface area contributed by atoms with Gasteiger partial charge in [-0.1, -0.05) is 29.8 Å². The maximum absolute atomic E-state index is 13.9. The molecule has 0 spiro atoms. The van der Waals surface area contributed by atoms with Crippen LogP contribution in [-0.2, 0) is 11.3 Å². The van der Waals surface area contributed by atoms with Crippen LogP contribution >= 0.6 is 23.1 Å². The summed E-state index contributed by atoms with van der Waals surface area (Å²) in [5, 5.41) is 11.3. The van der Waals surface area contributed by atoms with Gasteiger partial charge in [-0.2, -0.15) is 4.37 Å². The summed E-state index contributed by atoms with van der Waals surface area (Å²) in [5.74, 6) is -1.01. The molecule has 35 heavy (non-hydrogen) atoms. The van der Waals surface area contributed by atoms with Crippen molar-refractivity contribution in [1.82, 2.24) is 18.5 Å². The molecular weight excluding hydrogens is 484 g/mol.